The minimum Gasteiger partial charge on any atom is -0.396 e. The van der Waals surface area contributed by atoms with Crippen molar-refractivity contribution in [3.8, 4) is 0 Å². The summed E-state index contributed by atoms with van der Waals surface area (Å²) in [6.45, 7) is 4.05. The molecule has 1 aliphatic heterocycles. The van der Waals surface area contributed by atoms with Crippen molar-refractivity contribution in [2.45, 2.75) is 25.3 Å². The minimum atomic E-state index is -1.95. The van der Waals surface area contributed by atoms with Crippen molar-refractivity contribution in [1.82, 2.24) is 0 Å². The summed E-state index contributed by atoms with van der Waals surface area (Å²) in [6, 6.07) is 0. The van der Waals surface area contributed by atoms with Crippen LogP contribution >= 0.6 is 0 Å². The lowest BCUT2D eigenvalue weighted by molar-refractivity contribution is 0.230. The van der Waals surface area contributed by atoms with E-state index in [0.29, 0.717) is 6.10 Å². The molecule has 1 aliphatic rings. The maximum absolute atomic E-state index is 5.28. The zero-order valence-electron chi connectivity index (χ0n) is 6.88. The van der Waals surface area contributed by atoms with E-state index in [9.17, 15) is 0 Å². The van der Waals surface area contributed by atoms with Crippen molar-refractivity contribution in [3.63, 3.8) is 0 Å². The van der Waals surface area contributed by atoms with Crippen LogP contribution in [-0.2, 0) is 13.6 Å². The molecule has 0 saturated carbocycles. The third-order valence-corrected chi connectivity index (χ3v) is 5.30. The first-order valence-electron chi connectivity index (χ1n) is 3.40. The van der Waals surface area contributed by atoms with Crippen molar-refractivity contribution in [2.75, 3.05) is 14.2 Å². The van der Waals surface area contributed by atoms with Crippen LogP contribution in [0.1, 0.15) is 6.92 Å². The molecule has 2 atom stereocenters. The van der Waals surface area contributed by atoms with E-state index < -0.39 is 8.56 Å². The second-order valence-corrected chi connectivity index (χ2v) is 6.10. The van der Waals surface area contributed by atoms with Gasteiger partial charge in [-0.3, -0.25) is 0 Å². The van der Waals surface area contributed by atoms with Crippen LogP contribution in [0.15, 0.2) is 0 Å². The second-order valence-electron chi connectivity index (χ2n) is 2.69. The average Bonchev–Trinajstić information content (AvgIpc) is 2.66. The monoisotopic (exact) mass is 162 g/mol. The summed E-state index contributed by atoms with van der Waals surface area (Å²) in [6.07, 6.45) is 0.330. The molecule has 1 heterocycles. The highest BCUT2D eigenvalue weighted by molar-refractivity contribution is 6.68. The van der Waals surface area contributed by atoms with E-state index in [1.54, 1.807) is 14.2 Å². The first-order valence-corrected chi connectivity index (χ1v) is 5.79. The summed E-state index contributed by atoms with van der Waals surface area (Å²) < 4.78 is 15.8. The van der Waals surface area contributed by atoms with E-state index >= 15 is 0 Å². The van der Waals surface area contributed by atoms with Crippen LogP contribution in [0.3, 0.4) is 0 Å². The molecule has 0 radical (unpaired) electrons. The fraction of sp³-hybridized carbons (Fsp3) is 1.00. The van der Waals surface area contributed by atoms with E-state index in [2.05, 4.69) is 0 Å². The number of hydrogen-bond donors (Lipinski definition) is 0. The van der Waals surface area contributed by atoms with Gasteiger partial charge in [-0.25, -0.2) is 0 Å². The van der Waals surface area contributed by atoms with Crippen LogP contribution in [0.4, 0.5) is 0 Å². The van der Waals surface area contributed by atoms with Crippen LogP contribution < -0.4 is 0 Å². The zero-order valence-corrected chi connectivity index (χ0v) is 7.88. The van der Waals surface area contributed by atoms with Gasteiger partial charge in [0, 0.05) is 14.2 Å². The first kappa shape index (κ1) is 8.20. The molecule has 0 bridgehead atoms. The molecule has 0 aromatic rings. The molecule has 0 N–H and O–H groups in total. The van der Waals surface area contributed by atoms with Gasteiger partial charge < -0.3 is 13.6 Å². The van der Waals surface area contributed by atoms with Gasteiger partial charge in [0.1, 0.15) is 5.73 Å². The predicted molar refractivity (Wildman–Crippen MR) is 40.0 cm³/mol. The fourth-order valence-corrected chi connectivity index (χ4v) is 3.00. The Hall–Kier alpha value is 0.0969. The third kappa shape index (κ3) is 1.25. The van der Waals surface area contributed by atoms with Gasteiger partial charge in [-0.1, -0.05) is 0 Å². The molecule has 1 rings (SSSR count). The van der Waals surface area contributed by atoms with E-state index in [-0.39, 0.29) is 5.73 Å². The van der Waals surface area contributed by atoms with Crippen molar-refractivity contribution in [3.05, 3.63) is 0 Å². The highest BCUT2D eigenvalue weighted by atomic mass is 28.4. The Kier molecular flexibility index (Phi) is 2.14. The molecule has 60 valence electrons. The van der Waals surface area contributed by atoms with E-state index in [1.165, 1.54) is 0 Å². The molecular weight excluding hydrogens is 148 g/mol. The lowest BCUT2D eigenvalue weighted by atomic mass is 10.6. The molecule has 10 heavy (non-hydrogen) atoms. The number of rotatable bonds is 3. The third-order valence-electron chi connectivity index (χ3n) is 2.04. The number of epoxide rings is 1. The van der Waals surface area contributed by atoms with Crippen molar-refractivity contribution >= 4 is 8.56 Å². The first-order chi connectivity index (χ1) is 4.64. The summed E-state index contributed by atoms with van der Waals surface area (Å²) in [7, 11) is 1.42. The Labute approximate surface area is 62.5 Å². The topological polar surface area (TPSA) is 31.0 Å². The van der Waals surface area contributed by atoms with E-state index in [0.717, 1.165) is 0 Å². The van der Waals surface area contributed by atoms with Crippen molar-refractivity contribution < 1.29 is 13.6 Å². The van der Waals surface area contributed by atoms with Gasteiger partial charge in [0.25, 0.3) is 0 Å². The van der Waals surface area contributed by atoms with Crippen LogP contribution in [-0.4, -0.2) is 34.6 Å². The average molecular weight is 162 g/mol. The molecule has 1 fully saturated rings. The normalized spacial score (nSPS) is 32.4. The Morgan fingerprint density at radius 2 is 1.70 bits per heavy atom. The van der Waals surface area contributed by atoms with Gasteiger partial charge in [0.2, 0.25) is 0 Å². The molecule has 3 nitrogen and oxygen atoms in total. The Balaban J connectivity index is 2.48. The SMILES string of the molecule is CO[Si](C)(OC)C1OC1C. The van der Waals surface area contributed by atoms with Crippen molar-refractivity contribution in [2.24, 2.45) is 0 Å². The van der Waals surface area contributed by atoms with Crippen LogP contribution in [0.2, 0.25) is 6.55 Å². The molecule has 4 heteroatoms. The minimum absolute atomic E-state index is 0.238. The molecule has 0 aromatic carbocycles. The molecule has 0 amide bonds. The second kappa shape index (κ2) is 2.62. The van der Waals surface area contributed by atoms with E-state index in [1.807, 2.05) is 13.5 Å². The van der Waals surface area contributed by atoms with Gasteiger partial charge in [-0.15, -0.1) is 0 Å². The van der Waals surface area contributed by atoms with Crippen LogP contribution in [0.25, 0.3) is 0 Å². The summed E-state index contributed by atoms with van der Waals surface area (Å²) in [5, 5.41) is 0. The maximum atomic E-state index is 5.28. The molecular formula is C6H14O3Si. The standard InChI is InChI=1S/C6H14O3Si/c1-5-6(9-5)10(4,7-2)8-3/h5-6H,1-4H3. The molecule has 2 unspecified atom stereocenters. The van der Waals surface area contributed by atoms with E-state index in [4.69, 9.17) is 13.6 Å². The van der Waals surface area contributed by atoms with Gasteiger partial charge in [0.15, 0.2) is 0 Å². The Morgan fingerprint density at radius 3 is 1.80 bits per heavy atom. The highest BCUT2D eigenvalue weighted by Crippen LogP contribution is 2.31. The maximum Gasteiger partial charge on any atom is 0.367 e. The number of ether oxygens (including phenoxy) is 1. The summed E-state index contributed by atoms with van der Waals surface area (Å²) in [4.78, 5) is 0. The molecule has 1 saturated heterocycles. The summed E-state index contributed by atoms with van der Waals surface area (Å²) in [5.41, 5.74) is 0.238. The molecule has 0 aromatic heterocycles. The lowest BCUT2D eigenvalue weighted by Gasteiger charge is -2.19. The fourth-order valence-electron chi connectivity index (χ4n) is 1.05. The predicted octanol–water partition coefficient (Wildman–Crippen LogP) is 0.678. The molecule has 0 spiro atoms. The number of hydrogen-bond acceptors (Lipinski definition) is 3. The highest BCUT2D eigenvalue weighted by Gasteiger charge is 2.54. The zero-order chi connectivity index (χ0) is 7.78. The molecule has 0 aliphatic carbocycles. The lowest BCUT2D eigenvalue weighted by Crippen LogP contribution is -2.43. The van der Waals surface area contributed by atoms with Gasteiger partial charge in [0.05, 0.1) is 6.10 Å². The summed E-state index contributed by atoms with van der Waals surface area (Å²) >= 11 is 0. The van der Waals surface area contributed by atoms with Gasteiger partial charge in [-0.2, -0.15) is 0 Å². The summed E-state index contributed by atoms with van der Waals surface area (Å²) in [5.74, 6) is 0. The van der Waals surface area contributed by atoms with Crippen LogP contribution in [0, 0.1) is 0 Å². The van der Waals surface area contributed by atoms with Crippen LogP contribution in [0.5, 0.6) is 0 Å². The Morgan fingerprint density at radius 1 is 1.30 bits per heavy atom. The Bertz CT molecular complexity index is 124. The van der Waals surface area contributed by atoms with Gasteiger partial charge in [-0.05, 0) is 13.5 Å². The van der Waals surface area contributed by atoms with Crippen molar-refractivity contribution in [1.29, 1.82) is 0 Å². The van der Waals surface area contributed by atoms with Gasteiger partial charge >= 0.3 is 8.56 Å². The smallest absolute Gasteiger partial charge is 0.367 e. The quantitative estimate of drug-likeness (QED) is 0.451. The largest absolute Gasteiger partial charge is 0.396 e.